The molecule has 0 aromatic carbocycles. The van der Waals surface area contributed by atoms with Crippen LogP contribution in [0.2, 0.25) is 5.15 Å². The lowest BCUT2D eigenvalue weighted by Crippen LogP contribution is -1.96. The quantitative estimate of drug-likeness (QED) is 0.656. The molecule has 1 heterocycles. The Hall–Kier alpha value is -1.34. The molecule has 0 spiro atoms. The van der Waals surface area contributed by atoms with Crippen LogP contribution in [0.1, 0.15) is 19.4 Å². The van der Waals surface area contributed by atoms with Crippen LogP contribution in [0.3, 0.4) is 0 Å². The van der Waals surface area contributed by atoms with E-state index in [1.165, 1.54) is 0 Å². The molecule has 0 aliphatic carbocycles. The molecule has 0 unspecified atom stereocenters. The second-order valence-electron chi connectivity index (χ2n) is 1.81. The number of anilines is 1. The number of nitrogen functional groups attached to an aromatic ring is 1. The summed E-state index contributed by atoms with van der Waals surface area (Å²) >= 11 is 5.42. The number of nitriles is 1. The van der Waals surface area contributed by atoms with Gasteiger partial charge in [-0.25, -0.2) is 9.37 Å². The van der Waals surface area contributed by atoms with Gasteiger partial charge < -0.3 is 5.73 Å². The number of nitrogens with two attached hydrogens (primary N) is 1. The molecule has 0 atom stereocenters. The average Bonchev–Trinajstić information content (AvgIpc) is 2.15. The highest BCUT2D eigenvalue weighted by molar-refractivity contribution is 6.30. The zero-order valence-corrected chi connectivity index (χ0v) is 8.06. The number of aromatic nitrogens is 1. The van der Waals surface area contributed by atoms with Gasteiger partial charge in [0.15, 0.2) is 11.6 Å². The Bertz CT molecular complexity index is 333. The molecule has 0 radical (unpaired) electrons. The molecule has 5 heteroatoms. The van der Waals surface area contributed by atoms with Crippen molar-refractivity contribution >= 4 is 17.4 Å². The molecule has 0 aliphatic rings. The van der Waals surface area contributed by atoms with Gasteiger partial charge in [0.2, 0.25) is 0 Å². The van der Waals surface area contributed by atoms with Gasteiger partial charge in [-0.15, -0.1) is 0 Å². The summed E-state index contributed by atoms with van der Waals surface area (Å²) in [7, 11) is 0. The van der Waals surface area contributed by atoms with Crippen molar-refractivity contribution in [1.29, 1.82) is 5.26 Å². The highest BCUT2D eigenvalue weighted by Gasteiger charge is 2.06. The number of rotatable bonds is 0. The first-order chi connectivity index (χ1) is 6.15. The van der Waals surface area contributed by atoms with E-state index in [0.29, 0.717) is 0 Å². The first kappa shape index (κ1) is 11.7. The average molecular weight is 202 g/mol. The van der Waals surface area contributed by atoms with E-state index in [4.69, 9.17) is 22.6 Å². The van der Waals surface area contributed by atoms with E-state index in [0.717, 1.165) is 6.07 Å². The van der Waals surface area contributed by atoms with Crippen LogP contribution in [-0.2, 0) is 0 Å². The molecule has 3 nitrogen and oxygen atoms in total. The van der Waals surface area contributed by atoms with Crippen molar-refractivity contribution in [1.82, 2.24) is 4.98 Å². The second kappa shape index (κ2) is 5.33. The minimum atomic E-state index is -0.731. The largest absolute Gasteiger partial charge is 0.381 e. The minimum absolute atomic E-state index is 0.0154. The SMILES string of the molecule is CC.N#Cc1cc(F)c(N)nc1Cl. The molecule has 0 fully saturated rings. The Morgan fingerprint density at radius 1 is 1.62 bits per heavy atom. The lowest BCUT2D eigenvalue weighted by Gasteiger charge is -1.96. The fourth-order valence-corrected chi connectivity index (χ4v) is 0.746. The summed E-state index contributed by atoms with van der Waals surface area (Å²) in [4.78, 5) is 3.39. The van der Waals surface area contributed by atoms with E-state index >= 15 is 0 Å². The van der Waals surface area contributed by atoms with Crippen LogP contribution in [0.15, 0.2) is 6.07 Å². The topological polar surface area (TPSA) is 62.7 Å². The molecule has 1 aromatic rings. The fraction of sp³-hybridized carbons (Fsp3) is 0.250. The number of hydrogen-bond acceptors (Lipinski definition) is 3. The van der Waals surface area contributed by atoms with Gasteiger partial charge in [-0.3, -0.25) is 0 Å². The van der Waals surface area contributed by atoms with Crippen molar-refractivity contribution in [2.75, 3.05) is 5.73 Å². The van der Waals surface area contributed by atoms with Crippen LogP contribution in [0.5, 0.6) is 0 Å². The summed E-state index contributed by atoms with van der Waals surface area (Å²) < 4.78 is 12.5. The van der Waals surface area contributed by atoms with Crippen LogP contribution >= 0.6 is 11.6 Å². The van der Waals surface area contributed by atoms with Gasteiger partial charge in [0.1, 0.15) is 11.2 Å². The van der Waals surface area contributed by atoms with Crippen molar-refractivity contribution in [2.24, 2.45) is 0 Å². The van der Waals surface area contributed by atoms with Gasteiger partial charge in [0, 0.05) is 0 Å². The first-order valence-corrected chi connectivity index (χ1v) is 4.04. The Kier molecular flexibility index (Phi) is 4.78. The van der Waals surface area contributed by atoms with Gasteiger partial charge in [-0.05, 0) is 6.07 Å². The molecule has 0 aliphatic heterocycles. The van der Waals surface area contributed by atoms with Gasteiger partial charge in [0.25, 0.3) is 0 Å². The van der Waals surface area contributed by atoms with Crippen LogP contribution in [-0.4, -0.2) is 4.98 Å². The van der Waals surface area contributed by atoms with E-state index in [-0.39, 0.29) is 16.5 Å². The summed E-state index contributed by atoms with van der Waals surface area (Å²) in [5.41, 5.74) is 5.05. The van der Waals surface area contributed by atoms with Crippen LogP contribution < -0.4 is 5.73 Å². The molecule has 13 heavy (non-hydrogen) atoms. The van der Waals surface area contributed by atoms with E-state index in [2.05, 4.69) is 4.98 Å². The molecule has 70 valence electrons. The highest BCUT2D eigenvalue weighted by Crippen LogP contribution is 2.16. The van der Waals surface area contributed by atoms with Crippen molar-refractivity contribution in [3.8, 4) is 6.07 Å². The summed E-state index contributed by atoms with van der Waals surface area (Å²) in [6, 6.07) is 2.62. The Balaban J connectivity index is 0.000000671. The van der Waals surface area contributed by atoms with Crippen molar-refractivity contribution in [3.05, 3.63) is 22.6 Å². The summed E-state index contributed by atoms with van der Waals surface area (Å²) in [5.74, 6) is -1.03. The monoisotopic (exact) mass is 201 g/mol. The van der Waals surface area contributed by atoms with Crippen molar-refractivity contribution < 1.29 is 4.39 Å². The number of hydrogen-bond donors (Lipinski definition) is 1. The smallest absolute Gasteiger partial charge is 0.166 e. The fourth-order valence-electron chi connectivity index (χ4n) is 0.558. The van der Waals surface area contributed by atoms with E-state index in [1.54, 1.807) is 6.07 Å². The predicted molar refractivity (Wildman–Crippen MR) is 49.7 cm³/mol. The Morgan fingerprint density at radius 2 is 2.15 bits per heavy atom. The number of nitrogens with zero attached hydrogens (tertiary/aromatic N) is 2. The molecular formula is C8H9ClFN3. The summed E-state index contributed by atoms with van der Waals surface area (Å²) in [6.45, 7) is 4.00. The molecule has 0 saturated carbocycles. The first-order valence-electron chi connectivity index (χ1n) is 3.66. The third-order valence-corrected chi connectivity index (χ3v) is 1.37. The number of halogens is 2. The van der Waals surface area contributed by atoms with E-state index < -0.39 is 5.82 Å². The van der Waals surface area contributed by atoms with E-state index in [1.807, 2.05) is 13.8 Å². The standard InChI is InChI=1S/C6H3ClFN3.C2H6/c7-5-3(2-9)1-4(8)6(10)11-5;1-2/h1H,(H2,10,11);1-2H3. The molecule has 0 amide bonds. The van der Waals surface area contributed by atoms with Gasteiger partial charge in [-0.1, -0.05) is 25.4 Å². The molecule has 1 aromatic heterocycles. The van der Waals surface area contributed by atoms with E-state index in [9.17, 15) is 4.39 Å². The number of pyridine rings is 1. The zero-order valence-electron chi connectivity index (χ0n) is 7.31. The third kappa shape index (κ3) is 2.88. The maximum atomic E-state index is 12.5. The normalized spacial score (nSPS) is 8.23. The molecule has 0 saturated heterocycles. The summed E-state index contributed by atoms with van der Waals surface area (Å²) in [6.07, 6.45) is 0. The second-order valence-corrected chi connectivity index (χ2v) is 2.16. The van der Waals surface area contributed by atoms with Crippen LogP contribution in [0.4, 0.5) is 10.2 Å². The molecule has 2 N–H and O–H groups in total. The van der Waals surface area contributed by atoms with Gasteiger partial charge in [-0.2, -0.15) is 5.26 Å². The maximum Gasteiger partial charge on any atom is 0.166 e. The molecule has 1 rings (SSSR count). The Morgan fingerprint density at radius 3 is 2.62 bits per heavy atom. The molecular weight excluding hydrogens is 193 g/mol. The lowest BCUT2D eigenvalue weighted by molar-refractivity contribution is 0.626. The minimum Gasteiger partial charge on any atom is -0.381 e. The predicted octanol–water partition coefficient (Wildman–Crippen LogP) is 2.35. The lowest BCUT2D eigenvalue weighted by atomic mass is 10.3. The summed E-state index contributed by atoms with van der Waals surface area (Å²) in [5, 5.41) is 8.27. The van der Waals surface area contributed by atoms with Crippen LogP contribution in [0, 0.1) is 17.1 Å². The van der Waals surface area contributed by atoms with Gasteiger partial charge in [0.05, 0.1) is 5.56 Å². The van der Waals surface area contributed by atoms with Gasteiger partial charge >= 0.3 is 0 Å². The highest BCUT2D eigenvalue weighted by atomic mass is 35.5. The maximum absolute atomic E-state index is 12.5. The zero-order chi connectivity index (χ0) is 10.4. The molecule has 0 bridgehead atoms. The van der Waals surface area contributed by atoms with Crippen molar-refractivity contribution in [2.45, 2.75) is 13.8 Å². The third-order valence-electron chi connectivity index (χ3n) is 1.08. The van der Waals surface area contributed by atoms with Crippen LogP contribution in [0.25, 0.3) is 0 Å². The Labute approximate surface area is 81.0 Å². The van der Waals surface area contributed by atoms with Crippen molar-refractivity contribution in [3.63, 3.8) is 0 Å².